The fraction of sp³-hybridized carbons (Fsp3) is 0.400. The largest absolute Gasteiger partial charge is 0.477 e. The van der Waals surface area contributed by atoms with Crippen LogP contribution in [0.25, 0.3) is 0 Å². The molecule has 98 valence electrons. The Balaban J connectivity index is 2.88. The number of nitrogens with one attached hydrogen (secondary N) is 2. The van der Waals surface area contributed by atoms with Crippen LogP contribution < -0.4 is 10.9 Å². The lowest BCUT2D eigenvalue weighted by Gasteiger charge is -2.19. The summed E-state index contributed by atoms with van der Waals surface area (Å²) in [5, 5.41) is 10.8. The second-order valence-corrected chi connectivity index (χ2v) is 4.41. The minimum Gasteiger partial charge on any atom is -0.477 e. The van der Waals surface area contributed by atoms with Gasteiger partial charge in [0.15, 0.2) is 5.69 Å². The van der Waals surface area contributed by atoms with Crippen molar-refractivity contribution in [2.75, 3.05) is 5.32 Å². The smallest absolute Gasteiger partial charge is 0.414 e. The van der Waals surface area contributed by atoms with Crippen LogP contribution in [0.15, 0.2) is 10.9 Å². The lowest BCUT2D eigenvalue weighted by molar-refractivity contribution is 0.0630. The van der Waals surface area contributed by atoms with Crippen LogP contribution in [0.1, 0.15) is 31.3 Å². The third kappa shape index (κ3) is 4.24. The van der Waals surface area contributed by atoms with Gasteiger partial charge in [-0.05, 0) is 20.8 Å². The van der Waals surface area contributed by atoms with Gasteiger partial charge in [0.05, 0.1) is 0 Å². The van der Waals surface area contributed by atoms with E-state index in [0.717, 1.165) is 6.07 Å². The van der Waals surface area contributed by atoms with Gasteiger partial charge < -0.3 is 9.84 Å². The minimum absolute atomic E-state index is 0.283. The van der Waals surface area contributed by atoms with Crippen molar-refractivity contribution in [3.8, 4) is 0 Å². The number of carbonyl (C=O) groups excluding carboxylic acids is 1. The molecule has 0 saturated heterocycles. The van der Waals surface area contributed by atoms with Gasteiger partial charge in [-0.3, -0.25) is 15.1 Å². The number of aromatic amines is 1. The molecule has 18 heavy (non-hydrogen) atoms. The average Bonchev–Trinajstić information content (AvgIpc) is 2.12. The highest BCUT2D eigenvalue weighted by atomic mass is 16.6. The number of anilines is 1. The number of H-pyrrole nitrogens is 1. The second-order valence-electron chi connectivity index (χ2n) is 4.41. The van der Waals surface area contributed by atoms with Crippen LogP contribution >= 0.6 is 0 Å². The maximum absolute atomic E-state index is 11.4. The van der Waals surface area contributed by atoms with Crippen LogP contribution in [0.3, 0.4) is 0 Å². The molecule has 1 rings (SSSR count). The fourth-order valence-electron chi connectivity index (χ4n) is 1.03. The predicted molar refractivity (Wildman–Crippen MR) is 61.7 cm³/mol. The van der Waals surface area contributed by atoms with E-state index >= 15 is 0 Å². The number of rotatable bonds is 2. The van der Waals surface area contributed by atoms with E-state index in [1.54, 1.807) is 20.8 Å². The molecule has 0 spiro atoms. The second kappa shape index (κ2) is 4.86. The molecule has 0 radical (unpaired) electrons. The normalized spacial score (nSPS) is 10.8. The van der Waals surface area contributed by atoms with Gasteiger partial charge in [-0.1, -0.05) is 0 Å². The van der Waals surface area contributed by atoms with Crippen LogP contribution in [-0.2, 0) is 4.74 Å². The molecule has 0 aliphatic carbocycles. The van der Waals surface area contributed by atoms with Crippen LogP contribution in [0.4, 0.5) is 10.7 Å². The Kier molecular flexibility index (Phi) is 3.70. The van der Waals surface area contributed by atoms with Crippen molar-refractivity contribution < 1.29 is 19.4 Å². The molecule has 0 atom stereocenters. The highest BCUT2D eigenvalue weighted by molar-refractivity contribution is 5.87. The number of aromatic nitrogens is 2. The Morgan fingerprint density at radius 3 is 2.56 bits per heavy atom. The molecular weight excluding hydrogens is 242 g/mol. The molecule has 0 aliphatic rings. The maximum atomic E-state index is 11.4. The lowest BCUT2D eigenvalue weighted by atomic mass is 10.2. The molecule has 3 N–H and O–H groups in total. The van der Waals surface area contributed by atoms with E-state index in [2.05, 4.69) is 15.3 Å². The van der Waals surface area contributed by atoms with Crippen molar-refractivity contribution in [1.82, 2.24) is 9.97 Å². The number of carboxylic acid groups (broad SMARTS) is 1. The van der Waals surface area contributed by atoms with Crippen molar-refractivity contribution in [2.45, 2.75) is 26.4 Å². The first-order valence-electron chi connectivity index (χ1n) is 5.02. The van der Waals surface area contributed by atoms with E-state index in [1.807, 2.05) is 0 Å². The van der Waals surface area contributed by atoms with Crippen molar-refractivity contribution >= 4 is 18.0 Å². The van der Waals surface area contributed by atoms with Gasteiger partial charge in [0.25, 0.3) is 5.56 Å². The first kappa shape index (κ1) is 13.7. The summed E-state index contributed by atoms with van der Waals surface area (Å²) in [6.45, 7) is 4.99. The van der Waals surface area contributed by atoms with Crippen molar-refractivity contribution in [1.29, 1.82) is 0 Å². The van der Waals surface area contributed by atoms with Crippen LogP contribution in [0.2, 0.25) is 0 Å². The molecule has 1 aromatic heterocycles. The molecule has 0 aromatic carbocycles. The monoisotopic (exact) mass is 255 g/mol. The molecule has 0 unspecified atom stereocenters. The molecular formula is C10H13N3O5. The summed E-state index contributed by atoms with van der Waals surface area (Å²) >= 11 is 0. The Morgan fingerprint density at radius 2 is 2.06 bits per heavy atom. The van der Waals surface area contributed by atoms with E-state index in [9.17, 15) is 14.4 Å². The van der Waals surface area contributed by atoms with E-state index in [0.29, 0.717) is 0 Å². The summed E-state index contributed by atoms with van der Waals surface area (Å²) in [6, 6.07) is 0.808. The van der Waals surface area contributed by atoms with Crippen molar-refractivity contribution in [3.05, 3.63) is 22.1 Å². The quantitative estimate of drug-likeness (QED) is 0.719. The summed E-state index contributed by atoms with van der Waals surface area (Å²) in [4.78, 5) is 38.9. The maximum Gasteiger partial charge on any atom is 0.414 e. The Labute approximate surface area is 102 Å². The minimum atomic E-state index is -1.37. The molecule has 0 fully saturated rings. The number of nitrogens with zero attached hydrogens (tertiary/aromatic N) is 1. The first-order valence-corrected chi connectivity index (χ1v) is 5.02. The van der Waals surface area contributed by atoms with Gasteiger partial charge in [0.2, 0.25) is 5.95 Å². The third-order valence-electron chi connectivity index (χ3n) is 1.58. The summed E-state index contributed by atoms with van der Waals surface area (Å²) in [5.74, 6) is -1.65. The Bertz CT molecular complexity index is 529. The topological polar surface area (TPSA) is 121 Å². The molecule has 8 heteroatoms. The zero-order chi connectivity index (χ0) is 13.9. The van der Waals surface area contributed by atoms with Gasteiger partial charge in [-0.2, -0.15) is 0 Å². The highest BCUT2D eigenvalue weighted by Gasteiger charge is 2.17. The van der Waals surface area contributed by atoms with Gasteiger partial charge in [-0.25, -0.2) is 14.6 Å². The standard InChI is InChI=1S/C10H13N3O5/c1-10(2,3)18-9(17)13-8-11-5(7(15)16)4-6(14)12-8/h4H,1-3H3,(H,15,16)(H2,11,12,13,14,17). The van der Waals surface area contributed by atoms with Crippen LogP contribution in [-0.4, -0.2) is 32.7 Å². The molecule has 0 saturated carbocycles. The number of hydrogen-bond acceptors (Lipinski definition) is 5. The van der Waals surface area contributed by atoms with E-state index < -0.39 is 28.9 Å². The fourth-order valence-corrected chi connectivity index (χ4v) is 1.03. The van der Waals surface area contributed by atoms with Crippen LogP contribution in [0, 0.1) is 0 Å². The molecule has 1 aromatic rings. The lowest BCUT2D eigenvalue weighted by Crippen LogP contribution is -2.28. The van der Waals surface area contributed by atoms with Crippen LogP contribution in [0.5, 0.6) is 0 Å². The summed E-state index contributed by atoms with van der Waals surface area (Å²) in [7, 11) is 0. The van der Waals surface area contributed by atoms with Gasteiger partial charge in [0.1, 0.15) is 5.60 Å². The number of ether oxygens (including phenoxy) is 1. The summed E-state index contributed by atoms with van der Waals surface area (Å²) < 4.78 is 4.92. The highest BCUT2D eigenvalue weighted by Crippen LogP contribution is 2.08. The van der Waals surface area contributed by atoms with Crippen molar-refractivity contribution in [2.24, 2.45) is 0 Å². The Morgan fingerprint density at radius 1 is 1.44 bits per heavy atom. The SMILES string of the molecule is CC(C)(C)OC(=O)Nc1nc(C(=O)O)cc(=O)[nH]1. The number of carbonyl (C=O) groups is 2. The molecule has 1 heterocycles. The predicted octanol–water partition coefficient (Wildman–Crippen LogP) is 0.815. The summed E-state index contributed by atoms with van der Waals surface area (Å²) in [5.41, 5.74) is -1.87. The van der Waals surface area contributed by atoms with Crippen molar-refractivity contribution in [3.63, 3.8) is 0 Å². The van der Waals surface area contributed by atoms with E-state index in [-0.39, 0.29) is 5.95 Å². The molecule has 1 amide bonds. The molecule has 0 bridgehead atoms. The van der Waals surface area contributed by atoms with Gasteiger partial charge in [-0.15, -0.1) is 0 Å². The average molecular weight is 255 g/mol. The van der Waals surface area contributed by atoms with E-state index in [4.69, 9.17) is 9.84 Å². The third-order valence-corrected chi connectivity index (χ3v) is 1.58. The number of carboxylic acids is 1. The van der Waals surface area contributed by atoms with Gasteiger partial charge >= 0.3 is 12.1 Å². The Hall–Kier alpha value is -2.38. The number of hydrogen-bond donors (Lipinski definition) is 3. The number of amides is 1. The summed E-state index contributed by atoms with van der Waals surface area (Å²) in [6.07, 6.45) is -0.840. The molecule has 8 nitrogen and oxygen atoms in total. The van der Waals surface area contributed by atoms with E-state index in [1.165, 1.54) is 0 Å². The first-order chi connectivity index (χ1) is 8.17. The van der Waals surface area contributed by atoms with Gasteiger partial charge in [0, 0.05) is 6.07 Å². The number of aromatic carboxylic acids is 1. The molecule has 0 aliphatic heterocycles. The zero-order valence-corrected chi connectivity index (χ0v) is 10.1. The zero-order valence-electron chi connectivity index (χ0n) is 10.1.